The number of carboxylic acid groups (broad SMARTS) is 1. The zero-order chi connectivity index (χ0) is 17.2. The van der Waals surface area contributed by atoms with Gasteiger partial charge in [0.05, 0.1) is 6.61 Å². The minimum absolute atomic E-state index is 0.0323. The molecule has 0 aliphatic heterocycles. The molecule has 3 nitrogen and oxygen atoms in total. The number of rotatable bonds is 10. The van der Waals surface area contributed by atoms with Crippen molar-refractivity contribution in [3.63, 3.8) is 0 Å². The smallest absolute Gasteiger partial charge is 0.371 e. The van der Waals surface area contributed by atoms with Crippen molar-refractivity contribution >= 4 is 12.0 Å². The zero-order valence-electron chi connectivity index (χ0n) is 14.9. The van der Waals surface area contributed by atoms with Crippen LogP contribution in [-0.2, 0) is 9.53 Å². The lowest BCUT2D eigenvalue weighted by atomic mass is 10.0. The van der Waals surface area contributed by atoms with E-state index < -0.39 is 5.97 Å². The van der Waals surface area contributed by atoms with Crippen LogP contribution in [0.5, 0.6) is 0 Å². The largest absolute Gasteiger partial charge is 0.487 e. The van der Waals surface area contributed by atoms with E-state index in [9.17, 15) is 9.90 Å². The molecule has 0 saturated heterocycles. The number of benzene rings is 1. The number of aliphatic carboxylic acids is 1. The molecule has 0 atom stereocenters. The number of aryl methyl sites for hydroxylation is 3. The van der Waals surface area contributed by atoms with Gasteiger partial charge in [-0.25, -0.2) is 4.79 Å². The minimum atomic E-state index is -1.01. The van der Waals surface area contributed by atoms with Crippen LogP contribution in [0, 0.1) is 20.8 Å². The Morgan fingerprint density at radius 2 is 1.61 bits per heavy atom. The van der Waals surface area contributed by atoms with Crippen molar-refractivity contribution in [2.24, 2.45) is 0 Å². The summed E-state index contributed by atoms with van der Waals surface area (Å²) in [6, 6.07) is 4.09. The first-order valence-corrected chi connectivity index (χ1v) is 8.61. The van der Waals surface area contributed by atoms with Crippen LogP contribution in [-0.4, -0.2) is 17.7 Å². The molecule has 0 spiro atoms. The quantitative estimate of drug-likeness (QED) is 0.356. The van der Waals surface area contributed by atoms with Gasteiger partial charge in [-0.2, -0.15) is 0 Å². The Balaban J connectivity index is 2.61. The van der Waals surface area contributed by atoms with Gasteiger partial charge in [-0.15, -0.1) is 0 Å². The van der Waals surface area contributed by atoms with Crippen molar-refractivity contribution in [3.8, 4) is 0 Å². The first-order valence-electron chi connectivity index (χ1n) is 8.61. The van der Waals surface area contributed by atoms with E-state index in [0.29, 0.717) is 6.61 Å². The maximum atomic E-state index is 11.4. The van der Waals surface area contributed by atoms with Crippen molar-refractivity contribution in [1.29, 1.82) is 0 Å². The summed E-state index contributed by atoms with van der Waals surface area (Å²) in [5.74, 6) is -0.974. The van der Waals surface area contributed by atoms with Gasteiger partial charge >= 0.3 is 5.97 Å². The molecule has 0 aliphatic carbocycles. The molecule has 0 aliphatic rings. The van der Waals surface area contributed by atoms with Gasteiger partial charge in [0.15, 0.2) is 0 Å². The lowest BCUT2D eigenvalue weighted by molar-refractivity contribution is -0.136. The highest BCUT2D eigenvalue weighted by molar-refractivity contribution is 5.90. The van der Waals surface area contributed by atoms with Crippen molar-refractivity contribution in [2.45, 2.75) is 66.2 Å². The maximum absolute atomic E-state index is 11.4. The number of hydrogen-bond donors (Lipinski definition) is 1. The Labute approximate surface area is 140 Å². The first kappa shape index (κ1) is 19.3. The Morgan fingerprint density at radius 1 is 1.00 bits per heavy atom. The van der Waals surface area contributed by atoms with Crippen LogP contribution < -0.4 is 0 Å². The predicted molar refractivity (Wildman–Crippen MR) is 95.6 cm³/mol. The van der Waals surface area contributed by atoms with E-state index in [1.165, 1.54) is 31.2 Å². The second-order valence-electron chi connectivity index (χ2n) is 6.22. The third-order valence-electron chi connectivity index (χ3n) is 4.14. The zero-order valence-corrected chi connectivity index (χ0v) is 14.9. The summed E-state index contributed by atoms with van der Waals surface area (Å²) in [7, 11) is 0. The molecule has 0 bridgehead atoms. The second-order valence-corrected chi connectivity index (χ2v) is 6.22. The molecule has 0 aromatic heterocycles. The Morgan fingerprint density at radius 3 is 2.26 bits per heavy atom. The molecular weight excluding hydrogens is 288 g/mol. The number of unbranched alkanes of at least 4 members (excludes halogenated alkanes) is 5. The molecule has 3 heteroatoms. The van der Waals surface area contributed by atoms with Crippen LogP contribution in [0.4, 0.5) is 0 Å². The van der Waals surface area contributed by atoms with Gasteiger partial charge in [0.2, 0.25) is 5.76 Å². The number of hydrogen-bond acceptors (Lipinski definition) is 2. The van der Waals surface area contributed by atoms with Crippen LogP contribution in [0.1, 0.15) is 67.7 Å². The Bertz CT molecular complexity index is 544. The van der Waals surface area contributed by atoms with Crippen molar-refractivity contribution < 1.29 is 14.6 Å². The van der Waals surface area contributed by atoms with Crippen LogP contribution in [0.3, 0.4) is 0 Å². The highest BCUT2D eigenvalue weighted by Crippen LogP contribution is 2.19. The predicted octanol–water partition coefficient (Wildman–Crippen LogP) is 5.41. The minimum Gasteiger partial charge on any atom is -0.487 e. The van der Waals surface area contributed by atoms with E-state index >= 15 is 0 Å². The molecule has 0 unspecified atom stereocenters. The first-order chi connectivity index (χ1) is 11.0. The SMILES string of the molecule is CCCCCCCCOC(=Cc1cc(C)c(C)cc1C)C(=O)O. The lowest BCUT2D eigenvalue weighted by Gasteiger charge is -2.10. The Kier molecular flexibility index (Phi) is 8.46. The fourth-order valence-electron chi connectivity index (χ4n) is 2.51. The summed E-state index contributed by atoms with van der Waals surface area (Å²) in [5.41, 5.74) is 4.34. The molecule has 1 aromatic carbocycles. The molecule has 1 N–H and O–H groups in total. The molecule has 0 saturated carbocycles. The van der Waals surface area contributed by atoms with E-state index in [1.807, 2.05) is 19.9 Å². The maximum Gasteiger partial charge on any atom is 0.371 e. The van der Waals surface area contributed by atoms with E-state index in [2.05, 4.69) is 19.9 Å². The summed E-state index contributed by atoms with van der Waals surface area (Å²) < 4.78 is 5.50. The monoisotopic (exact) mass is 318 g/mol. The van der Waals surface area contributed by atoms with Crippen LogP contribution in [0.15, 0.2) is 17.9 Å². The standard InChI is InChI=1S/C20H30O3/c1-5-6-7-8-9-10-11-23-19(20(21)22)14-18-13-16(3)15(2)12-17(18)4/h12-14H,5-11H2,1-4H3,(H,21,22). The molecule has 0 radical (unpaired) electrons. The highest BCUT2D eigenvalue weighted by atomic mass is 16.5. The molecule has 0 fully saturated rings. The van der Waals surface area contributed by atoms with E-state index in [0.717, 1.165) is 29.5 Å². The number of carbonyl (C=O) groups is 1. The third-order valence-corrected chi connectivity index (χ3v) is 4.14. The summed E-state index contributed by atoms with van der Waals surface area (Å²) in [6.45, 7) is 8.74. The molecule has 1 rings (SSSR count). The number of ether oxygens (including phenoxy) is 1. The molecule has 0 amide bonds. The van der Waals surface area contributed by atoms with Gasteiger partial charge < -0.3 is 9.84 Å². The van der Waals surface area contributed by atoms with Gasteiger partial charge in [0.25, 0.3) is 0 Å². The van der Waals surface area contributed by atoms with Crippen LogP contribution in [0.25, 0.3) is 6.08 Å². The summed E-state index contributed by atoms with van der Waals surface area (Å²) in [4.78, 5) is 11.4. The fraction of sp³-hybridized carbons (Fsp3) is 0.550. The lowest BCUT2D eigenvalue weighted by Crippen LogP contribution is -2.06. The molecule has 128 valence electrons. The fourth-order valence-corrected chi connectivity index (χ4v) is 2.51. The average Bonchev–Trinajstić information content (AvgIpc) is 2.49. The van der Waals surface area contributed by atoms with Gasteiger partial charge in [-0.05, 0) is 55.5 Å². The third kappa shape index (κ3) is 6.89. The topological polar surface area (TPSA) is 46.5 Å². The number of carboxylic acids is 1. The van der Waals surface area contributed by atoms with E-state index in [1.54, 1.807) is 6.08 Å². The van der Waals surface area contributed by atoms with E-state index in [-0.39, 0.29) is 5.76 Å². The van der Waals surface area contributed by atoms with Crippen molar-refractivity contribution in [2.75, 3.05) is 6.61 Å². The van der Waals surface area contributed by atoms with Crippen molar-refractivity contribution in [1.82, 2.24) is 0 Å². The molecule has 0 heterocycles. The molecule has 1 aromatic rings. The summed E-state index contributed by atoms with van der Waals surface area (Å²) in [5, 5.41) is 9.33. The summed E-state index contributed by atoms with van der Waals surface area (Å²) in [6.07, 6.45) is 8.58. The van der Waals surface area contributed by atoms with Crippen LogP contribution in [0.2, 0.25) is 0 Å². The van der Waals surface area contributed by atoms with Gasteiger partial charge in [-0.1, -0.05) is 51.2 Å². The summed E-state index contributed by atoms with van der Waals surface area (Å²) >= 11 is 0. The molecular formula is C20H30O3. The van der Waals surface area contributed by atoms with Crippen molar-refractivity contribution in [3.05, 3.63) is 40.1 Å². The normalized spacial score (nSPS) is 11.6. The second kappa shape index (κ2) is 10.1. The van der Waals surface area contributed by atoms with E-state index in [4.69, 9.17) is 4.74 Å². The van der Waals surface area contributed by atoms with Gasteiger partial charge in [-0.3, -0.25) is 0 Å². The Hall–Kier alpha value is -1.77. The molecule has 23 heavy (non-hydrogen) atoms. The van der Waals surface area contributed by atoms with Crippen LogP contribution >= 0.6 is 0 Å². The van der Waals surface area contributed by atoms with Gasteiger partial charge in [0, 0.05) is 0 Å². The average molecular weight is 318 g/mol. The van der Waals surface area contributed by atoms with Gasteiger partial charge in [0.1, 0.15) is 0 Å². The highest BCUT2D eigenvalue weighted by Gasteiger charge is 2.10.